The second-order valence-corrected chi connectivity index (χ2v) is 5.60. The summed E-state index contributed by atoms with van der Waals surface area (Å²) in [5.74, 6) is -0.394. The Hall–Kier alpha value is -3.93. The first-order chi connectivity index (χ1) is 13.4. The second kappa shape index (κ2) is 7.75. The number of alkyl halides is 3. The number of anilines is 3. The average molecular weight is 383 g/mol. The molecule has 0 fully saturated rings. The van der Waals surface area contributed by atoms with Crippen LogP contribution in [0.15, 0.2) is 60.9 Å². The van der Waals surface area contributed by atoms with Gasteiger partial charge in [-0.3, -0.25) is 4.79 Å². The number of aromatic nitrogens is 2. The Labute approximate surface area is 157 Å². The number of carbonyl (C=O) groups is 1. The third kappa shape index (κ3) is 4.42. The van der Waals surface area contributed by atoms with E-state index in [1.807, 2.05) is 6.07 Å². The quantitative estimate of drug-likeness (QED) is 0.698. The van der Waals surface area contributed by atoms with E-state index in [2.05, 4.69) is 20.6 Å². The monoisotopic (exact) mass is 383 g/mol. The number of benzene rings is 2. The Morgan fingerprint density at radius 3 is 2.50 bits per heavy atom. The van der Waals surface area contributed by atoms with Gasteiger partial charge < -0.3 is 10.6 Å². The first kappa shape index (κ1) is 18.8. The molecule has 1 heterocycles. The zero-order chi connectivity index (χ0) is 20.1. The van der Waals surface area contributed by atoms with E-state index < -0.39 is 17.6 Å². The highest BCUT2D eigenvalue weighted by Gasteiger charge is 2.30. The normalized spacial score (nSPS) is 10.8. The van der Waals surface area contributed by atoms with Crippen molar-refractivity contribution in [2.75, 3.05) is 10.6 Å². The van der Waals surface area contributed by atoms with Crippen LogP contribution in [0.3, 0.4) is 0 Å². The predicted molar refractivity (Wildman–Crippen MR) is 95.9 cm³/mol. The number of carbonyl (C=O) groups excluding carboxylic acids is 1. The zero-order valence-electron chi connectivity index (χ0n) is 14.2. The summed E-state index contributed by atoms with van der Waals surface area (Å²) in [6.45, 7) is 0. The van der Waals surface area contributed by atoms with Crippen molar-refractivity contribution in [3.63, 3.8) is 0 Å². The van der Waals surface area contributed by atoms with Gasteiger partial charge in [0.05, 0.1) is 29.2 Å². The molecule has 0 aliphatic rings. The second-order valence-electron chi connectivity index (χ2n) is 5.60. The molecule has 3 rings (SSSR count). The van der Waals surface area contributed by atoms with Gasteiger partial charge in [0.1, 0.15) is 17.6 Å². The molecule has 0 saturated carbocycles. The lowest BCUT2D eigenvalue weighted by Gasteiger charge is -2.10. The molecule has 2 aromatic carbocycles. The van der Waals surface area contributed by atoms with E-state index in [4.69, 9.17) is 5.26 Å². The molecule has 3 aromatic rings. The lowest BCUT2D eigenvalue weighted by atomic mass is 10.2. The van der Waals surface area contributed by atoms with E-state index >= 15 is 0 Å². The minimum atomic E-state index is -4.45. The number of hydrogen-bond donors (Lipinski definition) is 2. The maximum atomic E-state index is 12.8. The lowest BCUT2D eigenvalue weighted by molar-refractivity contribution is -0.137. The molecule has 0 atom stereocenters. The van der Waals surface area contributed by atoms with E-state index in [0.29, 0.717) is 11.3 Å². The summed E-state index contributed by atoms with van der Waals surface area (Å²) in [6.07, 6.45) is -2.04. The van der Waals surface area contributed by atoms with Crippen LogP contribution in [0, 0.1) is 11.3 Å². The Kier molecular flexibility index (Phi) is 5.22. The van der Waals surface area contributed by atoms with E-state index in [1.54, 1.807) is 24.3 Å². The number of para-hydroxylation sites is 1. The summed E-state index contributed by atoms with van der Waals surface area (Å²) in [5.41, 5.74) is 0.0128. The minimum absolute atomic E-state index is 0.0117. The molecule has 0 saturated heterocycles. The topological polar surface area (TPSA) is 90.7 Å². The molecule has 9 heteroatoms. The molecule has 0 unspecified atom stereocenters. The third-order valence-corrected chi connectivity index (χ3v) is 3.64. The van der Waals surface area contributed by atoms with Crippen molar-refractivity contribution in [2.24, 2.45) is 0 Å². The number of hydrogen-bond acceptors (Lipinski definition) is 5. The fourth-order valence-corrected chi connectivity index (χ4v) is 2.31. The molecule has 2 N–H and O–H groups in total. The van der Waals surface area contributed by atoms with Gasteiger partial charge in [-0.1, -0.05) is 18.2 Å². The molecular weight excluding hydrogens is 371 g/mol. The molecule has 0 spiro atoms. The molecule has 0 aliphatic carbocycles. The van der Waals surface area contributed by atoms with Gasteiger partial charge in [-0.2, -0.15) is 18.4 Å². The molecule has 6 nitrogen and oxygen atoms in total. The van der Waals surface area contributed by atoms with Gasteiger partial charge in [0, 0.05) is 5.69 Å². The van der Waals surface area contributed by atoms with Crippen LogP contribution in [0.5, 0.6) is 0 Å². The van der Waals surface area contributed by atoms with E-state index in [9.17, 15) is 18.0 Å². The van der Waals surface area contributed by atoms with E-state index in [1.165, 1.54) is 24.5 Å². The molecular formula is C19H12F3N5O. The standard InChI is InChI=1S/C19H12F3N5O/c20-19(21,22)13-5-3-6-14(8-13)26-17-11-24-16(10-25-17)18(28)27-15-7-2-1-4-12(15)9-23/h1-8,10-11H,(H,25,26)(H,27,28). The molecule has 28 heavy (non-hydrogen) atoms. The van der Waals surface area contributed by atoms with Crippen molar-refractivity contribution < 1.29 is 18.0 Å². The Morgan fingerprint density at radius 2 is 1.82 bits per heavy atom. The third-order valence-electron chi connectivity index (χ3n) is 3.64. The van der Waals surface area contributed by atoms with Crippen LogP contribution in [0.4, 0.5) is 30.4 Å². The number of nitrogens with zero attached hydrogens (tertiary/aromatic N) is 3. The van der Waals surface area contributed by atoms with Crippen LogP contribution in [-0.2, 0) is 6.18 Å². The van der Waals surface area contributed by atoms with Gasteiger partial charge in [0.25, 0.3) is 5.91 Å². The Bertz CT molecular complexity index is 1040. The van der Waals surface area contributed by atoms with Crippen LogP contribution < -0.4 is 10.6 Å². The maximum absolute atomic E-state index is 12.8. The highest BCUT2D eigenvalue weighted by molar-refractivity contribution is 6.03. The van der Waals surface area contributed by atoms with Crippen LogP contribution >= 0.6 is 0 Å². The molecule has 0 aliphatic heterocycles. The smallest absolute Gasteiger partial charge is 0.339 e. The van der Waals surface area contributed by atoms with Gasteiger partial charge in [-0.05, 0) is 30.3 Å². The SMILES string of the molecule is N#Cc1ccccc1NC(=O)c1cnc(Nc2cccc(C(F)(F)F)c2)cn1. The van der Waals surface area contributed by atoms with Gasteiger partial charge >= 0.3 is 6.18 Å². The lowest BCUT2D eigenvalue weighted by Crippen LogP contribution is -2.15. The summed E-state index contributed by atoms with van der Waals surface area (Å²) in [5, 5.41) is 14.3. The van der Waals surface area contributed by atoms with Crippen LogP contribution in [0.1, 0.15) is 21.6 Å². The summed E-state index contributed by atoms with van der Waals surface area (Å²) < 4.78 is 38.3. The summed E-state index contributed by atoms with van der Waals surface area (Å²) in [4.78, 5) is 20.2. The molecule has 1 aromatic heterocycles. The van der Waals surface area contributed by atoms with Crippen LogP contribution in [0.25, 0.3) is 0 Å². The molecule has 0 bridgehead atoms. The summed E-state index contributed by atoms with van der Waals surface area (Å²) in [6, 6.07) is 13.1. The first-order valence-electron chi connectivity index (χ1n) is 7.93. The molecule has 140 valence electrons. The average Bonchev–Trinajstić information content (AvgIpc) is 2.68. The van der Waals surface area contributed by atoms with Crippen molar-refractivity contribution in [3.8, 4) is 6.07 Å². The number of amides is 1. The number of halogens is 3. The summed E-state index contributed by atoms with van der Waals surface area (Å²) >= 11 is 0. The zero-order valence-corrected chi connectivity index (χ0v) is 14.2. The van der Waals surface area contributed by atoms with Crippen molar-refractivity contribution in [2.45, 2.75) is 6.18 Å². The largest absolute Gasteiger partial charge is 0.416 e. The van der Waals surface area contributed by atoms with Gasteiger partial charge in [0.15, 0.2) is 0 Å². The first-order valence-corrected chi connectivity index (χ1v) is 7.93. The Balaban J connectivity index is 1.72. The number of nitriles is 1. The fraction of sp³-hybridized carbons (Fsp3) is 0.0526. The predicted octanol–water partition coefficient (Wildman–Crippen LogP) is 4.36. The van der Waals surface area contributed by atoms with Gasteiger partial charge in [0.2, 0.25) is 0 Å². The van der Waals surface area contributed by atoms with E-state index in [-0.39, 0.29) is 17.2 Å². The Morgan fingerprint density at radius 1 is 1.04 bits per heavy atom. The van der Waals surface area contributed by atoms with Crippen molar-refractivity contribution in [1.29, 1.82) is 5.26 Å². The fourth-order valence-electron chi connectivity index (χ4n) is 2.31. The van der Waals surface area contributed by atoms with Crippen molar-refractivity contribution in [3.05, 3.63) is 77.7 Å². The van der Waals surface area contributed by atoms with Gasteiger partial charge in [-0.15, -0.1) is 0 Å². The number of nitrogens with one attached hydrogen (secondary N) is 2. The van der Waals surface area contributed by atoms with Crippen molar-refractivity contribution in [1.82, 2.24) is 9.97 Å². The minimum Gasteiger partial charge on any atom is -0.339 e. The van der Waals surface area contributed by atoms with Crippen LogP contribution in [0.2, 0.25) is 0 Å². The van der Waals surface area contributed by atoms with Gasteiger partial charge in [-0.25, -0.2) is 9.97 Å². The number of rotatable bonds is 4. The van der Waals surface area contributed by atoms with Crippen molar-refractivity contribution >= 4 is 23.1 Å². The maximum Gasteiger partial charge on any atom is 0.416 e. The highest BCUT2D eigenvalue weighted by Crippen LogP contribution is 2.31. The summed E-state index contributed by atoms with van der Waals surface area (Å²) in [7, 11) is 0. The van der Waals surface area contributed by atoms with E-state index in [0.717, 1.165) is 12.1 Å². The highest BCUT2D eigenvalue weighted by atomic mass is 19.4. The molecule has 1 amide bonds. The molecule has 0 radical (unpaired) electrons. The van der Waals surface area contributed by atoms with Crippen LogP contribution in [-0.4, -0.2) is 15.9 Å².